The van der Waals surface area contributed by atoms with Crippen LogP contribution in [0.3, 0.4) is 0 Å². The number of piperidine rings is 1. The number of imidazole rings is 1. The van der Waals surface area contributed by atoms with Gasteiger partial charge in [-0.25, -0.2) is 9.78 Å². The van der Waals surface area contributed by atoms with E-state index in [1.165, 1.54) is 0 Å². The van der Waals surface area contributed by atoms with Crippen LogP contribution >= 0.6 is 23.2 Å². The van der Waals surface area contributed by atoms with Crippen molar-refractivity contribution < 1.29 is 9.53 Å². The van der Waals surface area contributed by atoms with E-state index in [-0.39, 0.29) is 5.97 Å². The summed E-state index contributed by atoms with van der Waals surface area (Å²) in [4.78, 5) is 20.6. The quantitative estimate of drug-likeness (QED) is 0.611. The Labute approximate surface area is 159 Å². The normalized spacial score (nSPS) is 18.3. The van der Waals surface area contributed by atoms with Gasteiger partial charge in [0, 0.05) is 29.0 Å². The highest BCUT2D eigenvalue weighted by molar-refractivity contribution is 6.38. The molecule has 2 aliphatic rings. The SMILES string of the molecule is O=C1OC2(CCNCC2)c2cccc(-c3nc4c(Cl)cc(Cl)cc4[nH]3)c21. The molecule has 0 radical (unpaired) electrons. The lowest BCUT2D eigenvalue weighted by Crippen LogP contribution is -2.39. The van der Waals surface area contributed by atoms with Crippen molar-refractivity contribution in [2.75, 3.05) is 13.1 Å². The number of rotatable bonds is 1. The average molecular weight is 388 g/mol. The molecular formula is C19H15Cl2N3O2. The number of aromatic amines is 1. The third-order valence-corrected chi connectivity index (χ3v) is 5.73. The molecule has 0 saturated carbocycles. The van der Waals surface area contributed by atoms with E-state index in [9.17, 15) is 4.79 Å². The number of nitrogens with zero attached hydrogens (tertiary/aromatic N) is 1. The molecule has 0 aliphatic carbocycles. The standard InChI is InChI=1S/C19H15Cl2N3O2/c20-10-8-13(21)16-14(9-10)23-17(24-16)11-2-1-3-12-15(11)18(25)26-19(12)4-6-22-7-5-19/h1-3,8-9,22H,4-7H2,(H,23,24). The molecule has 7 heteroatoms. The van der Waals surface area contributed by atoms with Gasteiger partial charge in [-0.2, -0.15) is 0 Å². The van der Waals surface area contributed by atoms with Crippen LogP contribution in [-0.2, 0) is 10.3 Å². The van der Waals surface area contributed by atoms with Gasteiger partial charge in [-0.15, -0.1) is 0 Å². The summed E-state index contributed by atoms with van der Waals surface area (Å²) < 4.78 is 5.87. The fourth-order valence-corrected chi connectivity index (χ4v) is 4.54. The van der Waals surface area contributed by atoms with Crippen LogP contribution in [0.2, 0.25) is 10.0 Å². The van der Waals surface area contributed by atoms with Crippen LogP contribution in [0.4, 0.5) is 0 Å². The number of carbonyl (C=O) groups is 1. The highest BCUT2D eigenvalue weighted by Gasteiger charge is 2.47. The first-order valence-electron chi connectivity index (χ1n) is 8.50. The largest absolute Gasteiger partial charge is 0.450 e. The minimum atomic E-state index is -0.527. The van der Waals surface area contributed by atoms with Crippen molar-refractivity contribution in [3.63, 3.8) is 0 Å². The molecule has 3 aromatic rings. The Morgan fingerprint density at radius 2 is 1.96 bits per heavy atom. The predicted molar refractivity (Wildman–Crippen MR) is 101 cm³/mol. The minimum absolute atomic E-state index is 0.290. The number of nitrogens with one attached hydrogen (secondary N) is 2. The maximum atomic E-state index is 12.7. The highest BCUT2D eigenvalue weighted by atomic mass is 35.5. The highest BCUT2D eigenvalue weighted by Crippen LogP contribution is 2.45. The monoisotopic (exact) mass is 387 g/mol. The number of carbonyl (C=O) groups excluding carboxylic acids is 1. The van der Waals surface area contributed by atoms with Gasteiger partial charge in [-0.3, -0.25) is 0 Å². The van der Waals surface area contributed by atoms with Gasteiger partial charge in [0.1, 0.15) is 16.9 Å². The number of hydrogen-bond donors (Lipinski definition) is 2. The van der Waals surface area contributed by atoms with Crippen LogP contribution in [-0.4, -0.2) is 29.0 Å². The van der Waals surface area contributed by atoms with E-state index in [0.29, 0.717) is 26.9 Å². The van der Waals surface area contributed by atoms with Gasteiger partial charge in [-0.05, 0) is 25.2 Å². The molecular weight excluding hydrogens is 373 g/mol. The number of fused-ring (bicyclic) bond motifs is 3. The van der Waals surface area contributed by atoms with Crippen LogP contribution in [0.5, 0.6) is 0 Å². The zero-order valence-corrected chi connectivity index (χ0v) is 15.2. The van der Waals surface area contributed by atoms with Gasteiger partial charge >= 0.3 is 5.97 Å². The molecule has 26 heavy (non-hydrogen) atoms. The molecule has 1 spiro atoms. The second-order valence-electron chi connectivity index (χ2n) is 6.73. The summed E-state index contributed by atoms with van der Waals surface area (Å²) in [6.07, 6.45) is 1.55. The Morgan fingerprint density at radius 1 is 1.15 bits per heavy atom. The van der Waals surface area contributed by atoms with E-state index >= 15 is 0 Å². The number of ether oxygens (including phenoxy) is 1. The maximum Gasteiger partial charge on any atom is 0.340 e. The zero-order chi connectivity index (χ0) is 17.9. The Bertz CT molecular complexity index is 1050. The summed E-state index contributed by atoms with van der Waals surface area (Å²) in [7, 11) is 0. The number of hydrogen-bond acceptors (Lipinski definition) is 4. The van der Waals surface area contributed by atoms with Crippen molar-refractivity contribution in [1.82, 2.24) is 15.3 Å². The third kappa shape index (κ3) is 2.28. The van der Waals surface area contributed by atoms with Gasteiger partial charge in [0.2, 0.25) is 0 Å². The van der Waals surface area contributed by atoms with Gasteiger partial charge < -0.3 is 15.0 Å². The summed E-state index contributed by atoms with van der Waals surface area (Å²) >= 11 is 12.3. The second kappa shape index (κ2) is 5.71. The molecule has 0 amide bonds. The van der Waals surface area contributed by atoms with E-state index in [1.54, 1.807) is 12.1 Å². The molecule has 132 valence electrons. The predicted octanol–water partition coefficient (Wildman–Crippen LogP) is 4.29. The first-order valence-corrected chi connectivity index (χ1v) is 9.26. The number of benzene rings is 2. The van der Waals surface area contributed by atoms with Crippen LogP contribution in [0.15, 0.2) is 30.3 Å². The van der Waals surface area contributed by atoms with Crippen LogP contribution in [0.1, 0.15) is 28.8 Å². The molecule has 5 nitrogen and oxygen atoms in total. The smallest absolute Gasteiger partial charge is 0.340 e. The molecule has 2 aliphatic heterocycles. The number of aromatic nitrogens is 2. The molecule has 0 atom stereocenters. The zero-order valence-electron chi connectivity index (χ0n) is 13.7. The molecule has 0 bridgehead atoms. The average Bonchev–Trinajstić information content (AvgIpc) is 3.16. The summed E-state index contributed by atoms with van der Waals surface area (Å²) in [5.74, 6) is 0.297. The molecule has 3 heterocycles. The molecule has 2 N–H and O–H groups in total. The number of esters is 1. The Morgan fingerprint density at radius 3 is 2.77 bits per heavy atom. The van der Waals surface area contributed by atoms with Gasteiger partial charge in [0.05, 0.1) is 16.1 Å². The Balaban J connectivity index is 1.70. The fraction of sp³-hybridized carbons (Fsp3) is 0.263. The van der Waals surface area contributed by atoms with Gasteiger partial charge in [0.15, 0.2) is 0 Å². The van der Waals surface area contributed by atoms with Crippen molar-refractivity contribution in [3.05, 3.63) is 51.5 Å². The lowest BCUT2D eigenvalue weighted by Gasteiger charge is -2.33. The molecule has 5 rings (SSSR count). The van der Waals surface area contributed by atoms with Crippen LogP contribution in [0.25, 0.3) is 22.4 Å². The first kappa shape index (κ1) is 16.1. The number of halogens is 2. The molecule has 0 unspecified atom stereocenters. The summed E-state index contributed by atoms with van der Waals surface area (Å²) in [5.41, 5.74) is 3.11. The molecule has 1 fully saturated rings. The van der Waals surface area contributed by atoms with Gasteiger partial charge in [0.25, 0.3) is 0 Å². The first-order chi connectivity index (χ1) is 12.6. The van der Waals surface area contributed by atoms with Crippen molar-refractivity contribution in [2.45, 2.75) is 18.4 Å². The summed E-state index contributed by atoms with van der Waals surface area (Å²) in [6.45, 7) is 1.66. The van der Waals surface area contributed by atoms with Crippen molar-refractivity contribution in [2.24, 2.45) is 0 Å². The fourth-order valence-electron chi connectivity index (χ4n) is 4.00. The topological polar surface area (TPSA) is 67.0 Å². The summed E-state index contributed by atoms with van der Waals surface area (Å²) in [6, 6.07) is 9.25. The minimum Gasteiger partial charge on any atom is -0.450 e. The van der Waals surface area contributed by atoms with Crippen molar-refractivity contribution >= 4 is 40.2 Å². The van der Waals surface area contributed by atoms with Crippen LogP contribution < -0.4 is 5.32 Å². The molecule has 1 aromatic heterocycles. The second-order valence-corrected chi connectivity index (χ2v) is 7.57. The molecule has 2 aromatic carbocycles. The lowest BCUT2D eigenvalue weighted by atomic mass is 9.83. The Kier molecular flexibility index (Phi) is 3.54. The van der Waals surface area contributed by atoms with E-state index < -0.39 is 5.60 Å². The van der Waals surface area contributed by atoms with Crippen molar-refractivity contribution in [3.8, 4) is 11.4 Å². The van der Waals surface area contributed by atoms with E-state index in [2.05, 4.69) is 15.3 Å². The van der Waals surface area contributed by atoms with Gasteiger partial charge in [-0.1, -0.05) is 41.4 Å². The molecule has 1 saturated heterocycles. The van der Waals surface area contributed by atoms with Crippen LogP contribution in [0, 0.1) is 0 Å². The maximum absolute atomic E-state index is 12.7. The summed E-state index contributed by atoms with van der Waals surface area (Å²) in [5, 5.41) is 4.32. The van der Waals surface area contributed by atoms with E-state index in [4.69, 9.17) is 27.9 Å². The third-order valence-electron chi connectivity index (χ3n) is 5.22. The van der Waals surface area contributed by atoms with E-state index in [1.807, 2.05) is 18.2 Å². The van der Waals surface area contributed by atoms with Crippen molar-refractivity contribution in [1.29, 1.82) is 0 Å². The Hall–Kier alpha value is -2.08. The lowest BCUT2D eigenvalue weighted by molar-refractivity contribution is -0.0241. The number of H-pyrrole nitrogens is 1. The van der Waals surface area contributed by atoms with E-state index in [0.717, 1.165) is 42.6 Å².